The van der Waals surface area contributed by atoms with Crippen molar-refractivity contribution in [3.63, 3.8) is 0 Å². The second kappa shape index (κ2) is 7.94. The van der Waals surface area contributed by atoms with Crippen molar-refractivity contribution in [3.8, 4) is 5.75 Å². The number of aryl methyl sites for hydroxylation is 1. The van der Waals surface area contributed by atoms with Gasteiger partial charge in [-0.2, -0.15) is 0 Å². The van der Waals surface area contributed by atoms with E-state index in [0.717, 1.165) is 35.1 Å². The maximum Gasteiger partial charge on any atom is 0.192 e. The highest BCUT2D eigenvalue weighted by molar-refractivity contribution is 5.48. The molecule has 2 saturated carbocycles. The minimum absolute atomic E-state index is 0.485. The summed E-state index contributed by atoms with van der Waals surface area (Å²) in [6.07, 6.45) is 9.20. The van der Waals surface area contributed by atoms with Crippen LogP contribution in [0.5, 0.6) is 5.75 Å². The lowest BCUT2D eigenvalue weighted by molar-refractivity contribution is -0.180. The highest BCUT2D eigenvalue weighted by Crippen LogP contribution is 2.61. The molecule has 0 saturated heterocycles. The van der Waals surface area contributed by atoms with Crippen LogP contribution in [-0.2, 0) is 23.6 Å². The molecule has 166 valence electrons. The Bertz CT molecular complexity index is 935. The second-order valence-corrected chi connectivity index (χ2v) is 10.5. The molecule has 5 rings (SSSR count). The van der Waals surface area contributed by atoms with E-state index in [2.05, 4.69) is 31.2 Å². The smallest absolute Gasteiger partial charge is 0.192 e. The monoisotopic (exact) mass is 420 g/mol. The van der Waals surface area contributed by atoms with E-state index in [0.29, 0.717) is 17.9 Å². The van der Waals surface area contributed by atoms with E-state index in [9.17, 15) is 5.11 Å². The van der Waals surface area contributed by atoms with Gasteiger partial charge >= 0.3 is 0 Å². The van der Waals surface area contributed by atoms with Crippen LogP contribution in [0.15, 0.2) is 42.5 Å². The molecule has 1 N–H and O–H groups in total. The third-order valence-electron chi connectivity index (χ3n) is 8.74. The Balaban J connectivity index is 1.50. The number of methoxy groups -OCH3 is 1. The molecule has 3 aliphatic rings. The summed E-state index contributed by atoms with van der Waals surface area (Å²) in [6, 6.07) is 14.6. The largest absolute Gasteiger partial charge is 0.488 e. The summed E-state index contributed by atoms with van der Waals surface area (Å²) in [6.45, 7) is 4.75. The van der Waals surface area contributed by atoms with E-state index in [1.807, 2.05) is 18.2 Å². The van der Waals surface area contributed by atoms with E-state index in [-0.39, 0.29) is 0 Å². The minimum atomic E-state index is -1.37. The molecule has 5 atom stereocenters. The van der Waals surface area contributed by atoms with Crippen LogP contribution in [0, 0.1) is 17.3 Å². The fraction of sp³-hybridized carbons (Fsp3) is 0.571. The lowest BCUT2D eigenvalue weighted by atomic mass is 9.56. The van der Waals surface area contributed by atoms with Gasteiger partial charge in [0.05, 0.1) is 5.56 Å². The van der Waals surface area contributed by atoms with Crippen LogP contribution < -0.4 is 4.74 Å². The molecular formula is C28H36O3. The van der Waals surface area contributed by atoms with Gasteiger partial charge in [0.2, 0.25) is 0 Å². The Labute approximate surface area is 186 Å². The average molecular weight is 421 g/mol. The molecule has 1 unspecified atom stereocenters. The summed E-state index contributed by atoms with van der Waals surface area (Å²) in [5.41, 5.74) is 5.27. The molecule has 3 heteroatoms. The van der Waals surface area contributed by atoms with Crippen molar-refractivity contribution in [2.75, 3.05) is 7.11 Å². The van der Waals surface area contributed by atoms with Crippen molar-refractivity contribution in [2.45, 2.75) is 77.1 Å². The molecule has 0 heterocycles. The zero-order valence-electron chi connectivity index (χ0n) is 19.2. The molecule has 31 heavy (non-hydrogen) atoms. The zero-order chi connectivity index (χ0) is 21.6. The van der Waals surface area contributed by atoms with Crippen molar-refractivity contribution in [2.24, 2.45) is 17.3 Å². The molecule has 2 aromatic rings. The Morgan fingerprint density at radius 3 is 2.68 bits per heavy atom. The fourth-order valence-electron chi connectivity index (χ4n) is 6.92. The van der Waals surface area contributed by atoms with Gasteiger partial charge in [-0.1, -0.05) is 43.7 Å². The number of benzene rings is 2. The number of hydrogen-bond donors (Lipinski definition) is 1. The Kier molecular flexibility index (Phi) is 5.38. The first-order chi connectivity index (χ1) is 14.9. The van der Waals surface area contributed by atoms with E-state index in [1.54, 1.807) is 14.0 Å². The maximum atomic E-state index is 11.1. The molecular weight excluding hydrogens is 384 g/mol. The molecule has 0 aliphatic heterocycles. The van der Waals surface area contributed by atoms with Gasteiger partial charge in [-0.3, -0.25) is 0 Å². The molecule has 0 amide bonds. The normalized spacial score (nSPS) is 31.3. The van der Waals surface area contributed by atoms with Gasteiger partial charge in [0.25, 0.3) is 0 Å². The van der Waals surface area contributed by atoms with Crippen LogP contribution in [0.3, 0.4) is 0 Å². The highest BCUT2D eigenvalue weighted by atomic mass is 16.6. The minimum Gasteiger partial charge on any atom is -0.488 e. The predicted molar refractivity (Wildman–Crippen MR) is 123 cm³/mol. The molecule has 2 fully saturated rings. The first kappa shape index (κ1) is 21.0. The Morgan fingerprint density at radius 1 is 1.10 bits per heavy atom. The SMILES string of the molecule is COC(C)(O)c1cc2c(cc1OCc1ccccc1)CC[C@@H]1[C@@H]2CC[C@]2(C)CCC[C@@H]12. The predicted octanol–water partition coefficient (Wildman–Crippen LogP) is 6.32. The molecule has 3 nitrogen and oxygen atoms in total. The van der Waals surface area contributed by atoms with Crippen LogP contribution in [0.1, 0.15) is 80.5 Å². The maximum absolute atomic E-state index is 11.1. The van der Waals surface area contributed by atoms with Crippen molar-refractivity contribution in [1.82, 2.24) is 0 Å². The lowest BCUT2D eigenvalue weighted by Gasteiger charge is -2.49. The van der Waals surface area contributed by atoms with Crippen molar-refractivity contribution < 1.29 is 14.6 Å². The van der Waals surface area contributed by atoms with Gasteiger partial charge in [-0.15, -0.1) is 0 Å². The summed E-state index contributed by atoms with van der Waals surface area (Å²) in [7, 11) is 1.56. The van der Waals surface area contributed by atoms with Gasteiger partial charge < -0.3 is 14.6 Å². The van der Waals surface area contributed by atoms with E-state index < -0.39 is 5.79 Å². The zero-order valence-corrected chi connectivity index (χ0v) is 19.2. The third-order valence-corrected chi connectivity index (χ3v) is 8.74. The molecule has 3 aliphatic carbocycles. The van der Waals surface area contributed by atoms with E-state index in [4.69, 9.17) is 9.47 Å². The number of rotatable bonds is 5. The third kappa shape index (κ3) is 3.70. The van der Waals surface area contributed by atoms with Gasteiger partial charge in [0, 0.05) is 7.11 Å². The van der Waals surface area contributed by atoms with Gasteiger partial charge in [-0.05, 0) is 97.4 Å². The number of aliphatic hydroxyl groups is 1. The Hall–Kier alpha value is -1.84. The van der Waals surface area contributed by atoms with Crippen LogP contribution >= 0.6 is 0 Å². The summed E-state index contributed by atoms with van der Waals surface area (Å²) < 4.78 is 11.8. The number of hydrogen-bond acceptors (Lipinski definition) is 3. The standard InChI is InChI=1S/C28H36O3/c1-27-14-7-10-24(27)22-12-11-20-16-26(31-18-19-8-5-4-6-9-19)25(28(2,29)30-3)17-23(20)21(22)13-15-27/h4-6,8-9,16-17,21-22,24,29H,7,10-15,18H2,1-3H3/t21-,22+,24-,27-,28?/m0/s1. The summed E-state index contributed by atoms with van der Waals surface area (Å²) >= 11 is 0. The quantitative estimate of drug-likeness (QED) is 0.575. The Morgan fingerprint density at radius 2 is 1.90 bits per heavy atom. The van der Waals surface area contributed by atoms with Crippen LogP contribution in [0.25, 0.3) is 0 Å². The van der Waals surface area contributed by atoms with E-state index >= 15 is 0 Å². The van der Waals surface area contributed by atoms with Crippen LogP contribution in [0.2, 0.25) is 0 Å². The molecule has 0 radical (unpaired) electrons. The number of ether oxygens (including phenoxy) is 2. The van der Waals surface area contributed by atoms with Gasteiger partial charge in [0.1, 0.15) is 12.4 Å². The lowest BCUT2D eigenvalue weighted by Crippen LogP contribution is -2.39. The second-order valence-electron chi connectivity index (χ2n) is 10.5. The first-order valence-corrected chi connectivity index (χ1v) is 12.0. The van der Waals surface area contributed by atoms with Gasteiger partial charge in [0.15, 0.2) is 5.79 Å². The molecule has 0 aromatic heterocycles. The van der Waals surface area contributed by atoms with Crippen molar-refractivity contribution in [1.29, 1.82) is 0 Å². The molecule has 2 aromatic carbocycles. The van der Waals surface area contributed by atoms with Crippen molar-refractivity contribution in [3.05, 3.63) is 64.7 Å². The van der Waals surface area contributed by atoms with Crippen LogP contribution in [0.4, 0.5) is 0 Å². The summed E-state index contributed by atoms with van der Waals surface area (Å²) in [5, 5.41) is 11.1. The van der Waals surface area contributed by atoms with E-state index in [1.165, 1.54) is 49.7 Å². The fourth-order valence-corrected chi connectivity index (χ4v) is 6.92. The number of fused-ring (bicyclic) bond motifs is 5. The average Bonchev–Trinajstić information content (AvgIpc) is 3.19. The topological polar surface area (TPSA) is 38.7 Å². The molecule has 0 bridgehead atoms. The van der Waals surface area contributed by atoms with Crippen LogP contribution in [-0.4, -0.2) is 12.2 Å². The summed E-state index contributed by atoms with van der Waals surface area (Å²) in [4.78, 5) is 0. The molecule has 0 spiro atoms. The first-order valence-electron chi connectivity index (χ1n) is 12.0. The van der Waals surface area contributed by atoms with Gasteiger partial charge in [-0.25, -0.2) is 0 Å². The van der Waals surface area contributed by atoms with Crippen molar-refractivity contribution >= 4 is 0 Å². The highest BCUT2D eigenvalue weighted by Gasteiger charge is 2.50. The summed E-state index contributed by atoms with van der Waals surface area (Å²) in [5.74, 6) is 1.62.